The normalized spacial score (nSPS) is 9.00. The van der Waals surface area contributed by atoms with Gasteiger partial charge in [0.2, 0.25) is 6.33 Å². The van der Waals surface area contributed by atoms with Crippen LogP contribution in [-0.2, 0) is 18.3 Å². The van der Waals surface area contributed by atoms with Crippen molar-refractivity contribution >= 4 is 6.16 Å². The van der Waals surface area contributed by atoms with Gasteiger partial charge in [-0.1, -0.05) is 13.3 Å². The highest BCUT2D eigenvalue weighted by atomic mass is 16.6. The first-order valence-electron chi connectivity index (χ1n) is 4.86. The Bertz CT molecular complexity index is 284. The van der Waals surface area contributed by atoms with Crippen LogP contribution in [0.4, 0.5) is 4.79 Å². The standard InChI is InChI=1S/C8H15N2.C2H4O3/c1-3-4-5-10-7-6-9(2)8-10;1-5-2(3)4/h6-8H,3-5H2,1-2H3;1H3,(H,3,4)/q+1;/p-1. The number of carbonyl (C=O) groups excluding carboxylic acids is 1. The predicted octanol–water partition coefficient (Wildman–Crippen LogP) is 0.0888. The number of hydrogen-bond donors (Lipinski definition) is 0. The van der Waals surface area contributed by atoms with Crippen molar-refractivity contribution < 1.29 is 19.2 Å². The van der Waals surface area contributed by atoms with Crippen LogP contribution < -0.4 is 9.67 Å². The summed E-state index contributed by atoms with van der Waals surface area (Å²) >= 11 is 0. The fourth-order valence-corrected chi connectivity index (χ4v) is 0.975. The van der Waals surface area contributed by atoms with Gasteiger partial charge in [-0.2, -0.15) is 0 Å². The molecule has 0 saturated carbocycles. The van der Waals surface area contributed by atoms with E-state index in [4.69, 9.17) is 9.90 Å². The van der Waals surface area contributed by atoms with Crippen LogP contribution in [-0.4, -0.2) is 17.8 Å². The van der Waals surface area contributed by atoms with E-state index in [-0.39, 0.29) is 0 Å². The van der Waals surface area contributed by atoms with E-state index in [1.807, 2.05) is 7.05 Å². The zero-order valence-corrected chi connectivity index (χ0v) is 9.47. The van der Waals surface area contributed by atoms with Crippen molar-refractivity contribution in [2.24, 2.45) is 7.05 Å². The maximum absolute atomic E-state index is 9.03. The molecule has 5 nitrogen and oxygen atoms in total. The zero-order valence-electron chi connectivity index (χ0n) is 9.47. The fourth-order valence-electron chi connectivity index (χ4n) is 0.975. The number of hydrogen-bond acceptors (Lipinski definition) is 3. The topological polar surface area (TPSA) is 58.2 Å². The van der Waals surface area contributed by atoms with E-state index in [0.717, 1.165) is 13.7 Å². The molecule has 0 atom stereocenters. The number of carboxylic acid groups (broad SMARTS) is 1. The minimum Gasteiger partial charge on any atom is -0.553 e. The Morgan fingerprint density at radius 1 is 1.60 bits per heavy atom. The lowest BCUT2D eigenvalue weighted by Gasteiger charge is -1.92. The van der Waals surface area contributed by atoms with Gasteiger partial charge in [0, 0.05) is 7.11 Å². The van der Waals surface area contributed by atoms with E-state index in [1.165, 1.54) is 12.8 Å². The Labute approximate surface area is 89.9 Å². The lowest BCUT2D eigenvalue weighted by atomic mass is 10.3. The maximum atomic E-state index is 9.03. The van der Waals surface area contributed by atoms with Crippen LogP contribution in [0.2, 0.25) is 0 Å². The van der Waals surface area contributed by atoms with Crippen LogP contribution in [0, 0.1) is 0 Å². The van der Waals surface area contributed by atoms with Crippen molar-refractivity contribution in [3.8, 4) is 0 Å². The molecule has 5 heteroatoms. The van der Waals surface area contributed by atoms with Crippen LogP contribution in [0.5, 0.6) is 0 Å². The lowest BCUT2D eigenvalue weighted by molar-refractivity contribution is -0.696. The fraction of sp³-hybridized carbons (Fsp3) is 0.600. The summed E-state index contributed by atoms with van der Waals surface area (Å²) in [5.74, 6) is 0. The van der Waals surface area contributed by atoms with E-state index < -0.39 is 6.16 Å². The number of aryl methyl sites for hydroxylation is 2. The summed E-state index contributed by atoms with van der Waals surface area (Å²) in [4.78, 5) is 9.03. The van der Waals surface area contributed by atoms with E-state index in [9.17, 15) is 0 Å². The lowest BCUT2D eigenvalue weighted by Crippen LogP contribution is -2.30. The number of unbranched alkanes of at least 4 members (excludes halogenated alkanes) is 1. The summed E-state index contributed by atoms with van der Waals surface area (Å²) in [6.07, 6.45) is 7.32. The van der Waals surface area contributed by atoms with Gasteiger partial charge in [-0.25, -0.2) is 9.13 Å². The largest absolute Gasteiger partial charge is 0.553 e. The average Bonchev–Trinajstić information content (AvgIpc) is 2.62. The molecule has 0 radical (unpaired) electrons. The molecule has 0 aromatic carbocycles. The Balaban J connectivity index is 0.000000336. The van der Waals surface area contributed by atoms with E-state index >= 15 is 0 Å². The monoisotopic (exact) mass is 214 g/mol. The first-order chi connectivity index (χ1) is 7.10. The first kappa shape index (κ1) is 13.5. The van der Waals surface area contributed by atoms with E-state index in [0.29, 0.717) is 0 Å². The summed E-state index contributed by atoms with van der Waals surface area (Å²) in [6, 6.07) is 0. The van der Waals surface area contributed by atoms with Crippen molar-refractivity contribution in [2.75, 3.05) is 7.11 Å². The second-order valence-corrected chi connectivity index (χ2v) is 3.12. The first-order valence-corrected chi connectivity index (χ1v) is 4.86. The summed E-state index contributed by atoms with van der Waals surface area (Å²) < 4.78 is 7.83. The molecule has 0 N–H and O–H groups in total. The van der Waals surface area contributed by atoms with Gasteiger partial charge < -0.3 is 14.6 Å². The number of nitrogens with zero attached hydrogens (tertiary/aromatic N) is 2. The number of carbonyl (C=O) groups is 1. The molecule has 0 aliphatic rings. The Morgan fingerprint density at radius 2 is 2.20 bits per heavy atom. The van der Waals surface area contributed by atoms with Crippen LogP contribution in [0.15, 0.2) is 18.7 Å². The molecule has 1 aromatic rings. The molecular weight excluding hydrogens is 196 g/mol. The van der Waals surface area contributed by atoms with Crippen LogP contribution in [0.1, 0.15) is 19.8 Å². The molecule has 0 bridgehead atoms. The van der Waals surface area contributed by atoms with Crippen molar-refractivity contribution in [2.45, 2.75) is 26.3 Å². The molecule has 1 heterocycles. The number of imidazole rings is 1. The molecule has 0 amide bonds. The highest BCUT2D eigenvalue weighted by molar-refractivity contribution is 5.53. The van der Waals surface area contributed by atoms with E-state index in [1.54, 1.807) is 0 Å². The van der Waals surface area contributed by atoms with Crippen LogP contribution in [0.3, 0.4) is 0 Å². The third kappa shape index (κ3) is 7.54. The molecule has 1 aromatic heterocycles. The van der Waals surface area contributed by atoms with Gasteiger partial charge in [0.25, 0.3) is 6.16 Å². The van der Waals surface area contributed by atoms with Crippen LogP contribution >= 0.6 is 0 Å². The van der Waals surface area contributed by atoms with Gasteiger partial charge in [-0.3, -0.25) is 0 Å². The molecule has 0 saturated heterocycles. The molecule has 0 unspecified atom stereocenters. The second-order valence-electron chi connectivity index (χ2n) is 3.12. The van der Waals surface area contributed by atoms with Crippen molar-refractivity contribution in [1.82, 2.24) is 4.57 Å². The van der Waals surface area contributed by atoms with Crippen molar-refractivity contribution in [3.63, 3.8) is 0 Å². The van der Waals surface area contributed by atoms with Crippen molar-refractivity contribution in [3.05, 3.63) is 18.7 Å². The zero-order chi connectivity index (χ0) is 11.7. The molecule has 0 spiro atoms. The summed E-state index contributed by atoms with van der Waals surface area (Å²) in [5.41, 5.74) is 0. The average molecular weight is 214 g/mol. The summed E-state index contributed by atoms with van der Waals surface area (Å²) in [5, 5.41) is 9.03. The Kier molecular flexibility index (Phi) is 7.05. The highest BCUT2D eigenvalue weighted by Gasteiger charge is 1.96. The quantitative estimate of drug-likeness (QED) is 0.529. The third-order valence-corrected chi connectivity index (χ3v) is 1.76. The Morgan fingerprint density at radius 3 is 2.53 bits per heavy atom. The number of aromatic nitrogens is 2. The summed E-state index contributed by atoms with van der Waals surface area (Å²) in [7, 11) is 3.08. The van der Waals surface area contributed by atoms with Gasteiger partial charge in [-0.15, -0.1) is 0 Å². The molecular formula is C10H18N2O3. The van der Waals surface area contributed by atoms with Gasteiger partial charge in [-0.05, 0) is 6.42 Å². The molecule has 0 fully saturated rings. The second kappa shape index (κ2) is 7.84. The number of ether oxygens (including phenoxy) is 1. The van der Waals surface area contributed by atoms with Gasteiger partial charge in [0.1, 0.15) is 12.4 Å². The van der Waals surface area contributed by atoms with Crippen molar-refractivity contribution in [1.29, 1.82) is 0 Å². The maximum Gasteiger partial charge on any atom is 0.251 e. The molecule has 0 aliphatic carbocycles. The molecule has 0 aliphatic heterocycles. The van der Waals surface area contributed by atoms with E-state index in [2.05, 4.69) is 39.5 Å². The number of methoxy groups -OCH3 is 1. The van der Waals surface area contributed by atoms with Gasteiger partial charge in [0.05, 0.1) is 13.6 Å². The Hall–Kier alpha value is -1.52. The molecule has 1 rings (SSSR count). The van der Waals surface area contributed by atoms with Gasteiger partial charge >= 0.3 is 0 Å². The third-order valence-electron chi connectivity index (χ3n) is 1.76. The van der Waals surface area contributed by atoms with Crippen LogP contribution in [0.25, 0.3) is 0 Å². The van der Waals surface area contributed by atoms with Gasteiger partial charge in [0.15, 0.2) is 0 Å². The predicted molar refractivity (Wildman–Crippen MR) is 52.9 cm³/mol. The summed E-state index contributed by atoms with van der Waals surface area (Å²) in [6.45, 7) is 3.36. The molecule has 86 valence electrons. The minimum absolute atomic E-state index is 1.04. The smallest absolute Gasteiger partial charge is 0.251 e. The minimum atomic E-state index is -1.50. The molecule has 15 heavy (non-hydrogen) atoms. The SMILES string of the molecule is CCCC[n+]1ccn(C)c1.COC(=O)[O-]. The highest BCUT2D eigenvalue weighted by Crippen LogP contribution is 1.85. The number of rotatable bonds is 3.